The molecule has 0 aliphatic heterocycles. The smallest absolute Gasteiger partial charge is 0.144 e. The molecule has 0 heterocycles. The van der Waals surface area contributed by atoms with E-state index in [0.29, 0.717) is 0 Å². The first kappa shape index (κ1) is 16.2. The summed E-state index contributed by atoms with van der Waals surface area (Å²) in [5.41, 5.74) is 4.33. The standard InChI is InChI=1S/C19H24N2Si/c1-16(20-18-13-9-6-10-14-18)15-19(21-22(2,3)4)17-11-7-5-8-12-17/h5-15,21H,1-4H3/b19-15-,20-16+. The molecule has 114 valence electrons. The summed E-state index contributed by atoms with van der Waals surface area (Å²) in [6.45, 7) is 8.94. The van der Waals surface area contributed by atoms with Crippen LogP contribution in [0.5, 0.6) is 0 Å². The summed E-state index contributed by atoms with van der Waals surface area (Å²) in [7, 11) is -1.44. The van der Waals surface area contributed by atoms with Gasteiger partial charge in [0.1, 0.15) is 8.24 Å². The zero-order chi connectivity index (χ0) is 16.0. The molecule has 3 heteroatoms. The molecule has 1 N–H and O–H groups in total. The van der Waals surface area contributed by atoms with E-state index in [1.54, 1.807) is 0 Å². The van der Waals surface area contributed by atoms with E-state index >= 15 is 0 Å². The molecule has 2 rings (SSSR count). The molecule has 0 amide bonds. The van der Waals surface area contributed by atoms with Crippen LogP contribution in [0.1, 0.15) is 12.5 Å². The maximum atomic E-state index is 4.67. The Morgan fingerprint density at radius 3 is 2.00 bits per heavy atom. The third-order valence-electron chi connectivity index (χ3n) is 3.01. The lowest BCUT2D eigenvalue weighted by molar-refractivity contribution is 1.27. The van der Waals surface area contributed by atoms with Crippen molar-refractivity contribution in [2.45, 2.75) is 26.6 Å². The number of aliphatic imine (C=N–C) groups is 1. The Labute approximate surface area is 134 Å². The second kappa shape index (κ2) is 7.23. The van der Waals surface area contributed by atoms with E-state index in [1.807, 2.05) is 43.3 Å². The third kappa shape index (κ3) is 5.33. The van der Waals surface area contributed by atoms with Crippen molar-refractivity contribution in [2.75, 3.05) is 0 Å². The highest BCUT2D eigenvalue weighted by Crippen LogP contribution is 2.16. The minimum absolute atomic E-state index is 0.983. The van der Waals surface area contributed by atoms with Crippen LogP contribution in [0.3, 0.4) is 0 Å². The second-order valence-corrected chi connectivity index (χ2v) is 11.1. The molecule has 2 aromatic carbocycles. The summed E-state index contributed by atoms with van der Waals surface area (Å²) < 4.78 is 0. The van der Waals surface area contributed by atoms with Gasteiger partial charge in [0, 0.05) is 11.4 Å². The maximum Gasteiger partial charge on any atom is 0.144 e. The molecular formula is C19H24N2Si. The minimum atomic E-state index is -1.44. The van der Waals surface area contributed by atoms with Crippen molar-refractivity contribution in [3.8, 4) is 0 Å². The quantitative estimate of drug-likeness (QED) is 0.592. The van der Waals surface area contributed by atoms with Crippen LogP contribution in [0.25, 0.3) is 5.70 Å². The Morgan fingerprint density at radius 2 is 1.45 bits per heavy atom. The molecule has 0 atom stereocenters. The summed E-state index contributed by atoms with van der Waals surface area (Å²) in [6.07, 6.45) is 2.14. The van der Waals surface area contributed by atoms with Gasteiger partial charge < -0.3 is 4.98 Å². The fourth-order valence-corrected chi connectivity index (χ4v) is 3.19. The van der Waals surface area contributed by atoms with Gasteiger partial charge in [-0.2, -0.15) is 0 Å². The normalized spacial score (nSPS) is 13.1. The van der Waals surface area contributed by atoms with Crippen LogP contribution in [0, 0.1) is 0 Å². The summed E-state index contributed by atoms with van der Waals surface area (Å²) >= 11 is 0. The largest absolute Gasteiger partial charge is 0.410 e. The third-order valence-corrected chi connectivity index (χ3v) is 4.03. The Bertz CT molecular complexity index is 653. The van der Waals surface area contributed by atoms with Crippen LogP contribution in [0.2, 0.25) is 19.6 Å². The molecule has 0 radical (unpaired) electrons. The zero-order valence-corrected chi connectivity index (χ0v) is 14.8. The van der Waals surface area contributed by atoms with E-state index in [1.165, 1.54) is 5.56 Å². The van der Waals surface area contributed by atoms with Crippen LogP contribution in [-0.4, -0.2) is 13.9 Å². The molecule has 0 aliphatic rings. The number of hydrogen-bond donors (Lipinski definition) is 1. The molecule has 0 saturated heterocycles. The van der Waals surface area contributed by atoms with Gasteiger partial charge in [-0.05, 0) is 30.7 Å². The molecule has 2 aromatic rings. The van der Waals surface area contributed by atoms with Gasteiger partial charge in [-0.15, -0.1) is 0 Å². The van der Waals surface area contributed by atoms with Crippen molar-refractivity contribution in [3.63, 3.8) is 0 Å². The maximum absolute atomic E-state index is 4.67. The summed E-state index contributed by atoms with van der Waals surface area (Å²) in [5, 5.41) is 0. The van der Waals surface area contributed by atoms with Crippen molar-refractivity contribution in [2.24, 2.45) is 4.99 Å². The van der Waals surface area contributed by atoms with E-state index in [2.05, 4.69) is 60.0 Å². The molecular weight excluding hydrogens is 284 g/mol. The van der Waals surface area contributed by atoms with Gasteiger partial charge in [0.25, 0.3) is 0 Å². The summed E-state index contributed by atoms with van der Waals surface area (Å²) in [5.74, 6) is 0. The first-order valence-corrected chi connectivity index (χ1v) is 11.1. The SMILES string of the molecule is CC(/C=C(\N[Si](C)(C)C)c1ccccc1)=N\c1ccccc1. The highest BCUT2D eigenvalue weighted by Gasteiger charge is 2.15. The fourth-order valence-electron chi connectivity index (χ4n) is 2.16. The predicted molar refractivity (Wildman–Crippen MR) is 100 cm³/mol. The Morgan fingerprint density at radius 1 is 0.909 bits per heavy atom. The summed E-state index contributed by atoms with van der Waals surface area (Å²) in [6, 6.07) is 20.5. The van der Waals surface area contributed by atoms with E-state index in [9.17, 15) is 0 Å². The molecule has 0 fully saturated rings. The van der Waals surface area contributed by atoms with Gasteiger partial charge in [0.05, 0.1) is 5.69 Å². The van der Waals surface area contributed by atoms with Gasteiger partial charge in [0.15, 0.2) is 0 Å². The van der Waals surface area contributed by atoms with Gasteiger partial charge in [-0.3, -0.25) is 4.99 Å². The molecule has 0 spiro atoms. The molecule has 0 unspecified atom stereocenters. The van der Waals surface area contributed by atoms with Gasteiger partial charge in [0.2, 0.25) is 0 Å². The van der Waals surface area contributed by atoms with Crippen molar-refractivity contribution in [1.82, 2.24) is 4.98 Å². The Balaban J connectivity index is 2.34. The average Bonchev–Trinajstić information content (AvgIpc) is 2.47. The number of nitrogens with one attached hydrogen (secondary N) is 1. The second-order valence-electron chi connectivity index (χ2n) is 6.39. The first-order valence-electron chi connectivity index (χ1n) is 7.60. The molecule has 2 nitrogen and oxygen atoms in total. The van der Waals surface area contributed by atoms with E-state index in [0.717, 1.165) is 17.1 Å². The average molecular weight is 309 g/mol. The minimum Gasteiger partial charge on any atom is -0.410 e. The predicted octanol–water partition coefficient (Wildman–Crippen LogP) is 5.24. The van der Waals surface area contributed by atoms with Crippen molar-refractivity contribution in [1.29, 1.82) is 0 Å². The highest BCUT2D eigenvalue weighted by molar-refractivity contribution is 6.74. The summed E-state index contributed by atoms with van der Waals surface area (Å²) in [4.78, 5) is 8.38. The molecule has 0 aromatic heterocycles. The van der Waals surface area contributed by atoms with E-state index in [-0.39, 0.29) is 0 Å². The monoisotopic (exact) mass is 308 g/mol. The lowest BCUT2D eigenvalue weighted by Gasteiger charge is -2.22. The van der Waals surface area contributed by atoms with Crippen molar-refractivity contribution in [3.05, 3.63) is 72.3 Å². The number of rotatable bonds is 5. The lowest BCUT2D eigenvalue weighted by atomic mass is 10.1. The zero-order valence-electron chi connectivity index (χ0n) is 13.8. The number of para-hydroxylation sites is 1. The van der Waals surface area contributed by atoms with Crippen LogP contribution in [0.15, 0.2) is 71.7 Å². The van der Waals surface area contributed by atoms with Crippen LogP contribution < -0.4 is 4.98 Å². The molecule has 0 bridgehead atoms. The van der Waals surface area contributed by atoms with Crippen LogP contribution in [0.4, 0.5) is 5.69 Å². The molecule has 0 aliphatic carbocycles. The van der Waals surface area contributed by atoms with Gasteiger partial charge in [-0.25, -0.2) is 0 Å². The lowest BCUT2D eigenvalue weighted by Crippen LogP contribution is -2.39. The molecule has 22 heavy (non-hydrogen) atoms. The Hall–Kier alpha value is -2.13. The van der Waals surface area contributed by atoms with E-state index < -0.39 is 8.24 Å². The van der Waals surface area contributed by atoms with Crippen LogP contribution >= 0.6 is 0 Å². The van der Waals surface area contributed by atoms with Gasteiger partial charge in [-0.1, -0.05) is 68.2 Å². The number of allylic oxidation sites excluding steroid dienone is 1. The van der Waals surface area contributed by atoms with E-state index in [4.69, 9.17) is 0 Å². The topological polar surface area (TPSA) is 24.4 Å². The van der Waals surface area contributed by atoms with Gasteiger partial charge >= 0.3 is 0 Å². The highest BCUT2D eigenvalue weighted by atomic mass is 28.3. The fraction of sp³-hybridized carbons (Fsp3) is 0.211. The van der Waals surface area contributed by atoms with Crippen molar-refractivity contribution < 1.29 is 0 Å². The Kier molecular flexibility index (Phi) is 5.34. The van der Waals surface area contributed by atoms with Crippen LogP contribution in [-0.2, 0) is 0 Å². The number of nitrogens with zero attached hydrogens (tertiary/aromatic N) is 1. The number of benzene rings is 2. The van der Waals surface area contributed by atoms with Crippen molar-refractivity contribution >= 4 is 25.3 Å². The molecule has 0 saturated carbocycles. The first-order chi connectivity index (χ1) is 10.4. The number of hydrogen-bond acceptors (Lipinski definition) is 2.